The molecule has 0 fully saturated rings. The Kier molecular flexibility index (Phi) is 3.22. The second kappa shape index (κ2) is 4.82. The number of hydrogen-bond acceptors (Lipinski definition) is 8. The highest BCUT2D eigenvalue weighted by Crippen LogP contribution is 2.16. The van der Waals surface area contributed by atoms with Gasteiger partial charge in [0.15, 0.2) is 0 Å². The fourth-order valence-electron chi connectivity index (χ4n) is 1.11. The van der Waals surface area contributed by atoms with Crippen LogP contribution in [-0.2, 0) is 7.05 Å². The molecule has 0 radical (unpaired) electrons. The lowest BCUT2D eigenvalue weighted by atomic mass is 10.5. The van der Waals surface area contributed by atoms with Gasteiger partial charge < -0.3 is 15.2 Å². The van der Waals surface area contributed by atoms with Gasteiger partial charge in [-0.25, -0.2) is 0 Å². The number of rotatable bonds is 4. The van der Waals surface area contributed by atoms with E-state index in [1.165, 1.54) is 11.0 Å². The SMILES string of the molecule is CC(C)Oc1nc(N)nc(Oc2ncn(C)n2)n1. The molecular formula is C9H13N7O2. The summed E-state index contributed by atoms with van der Waals surface area (Å²) in [4.78, 5) is 15.5. The maximum absolute atomic E-state index is 5.53. The average molecular weight is 251 g/mol. The normalized spacial score (nSPS) is 10.7. The van der Waals surface area contributed by atoms with Gasteiger partial charge in [0.1, 0.15) is 6.33 Å². The Hall–Kier alpha value is -2.45. The van der Waals surface area contributed by atoms with Crippen LogP contribution in [0.25, 0.3) is 0 Å². The fraction of sp³-hybridized carbons (Fsp3) is 0.444. The second-order valence-electron chi connectivity index (χ2n) is 3.73. The molecule has 0 aliphatic carbocycles. The van der Waals surface area contributed by atoms with Gasteiger partial charge in [0.2, 0.25) is 5.95 Å². The maximum Gasteiger partial charge on any atom is 0.343 e. The van der Waals surface area contributed by atoms with Crippen LogP contribution in [0.5, 0.6) is 18.0 Å². The molecule has 0 amide bonds. The molecule has 0 aromatic carbocycles. The molecule has 9 heteroatoms. The molecule has 0 saturated carbocycles. The summed E-state index contributed by atoms with van der Waals surface area (Å²) in [6.07, 6.45) is 1.42. The Morgan fingerprint density at radius 3 is 2.50 bits per heavy atom. The summed E-state index contributed by atoms with van der Waals surface area (Å²) >= 11 is 0. The van der Waals surface area contributed by atoms with Crippen LogP contribution in [0.2, 0.25) is 0 Å². The highest BCUT2D eigenvalue weighted by molar-refractivity contribution is 5.21. The maximum atomic E-state index is 5.53. The van der Waals surface area contributed by atoms with Crippen LogP contribution in [0.3, 0.4) is 0 Å². The summed E-state index contributed by atoms with van der Waals surface area (Å²) in [5.41, 5.74) is 5.53. The predicted molar refractivity (Wildman–Crippen MR) is 61.1 cm³/mol. The molecule has 18 heavy (non-hydrogen) atoms. The second-order valence-corrected chi connectivity index (χ2v) is 3.73. The number of aryl methyl sites for hydroxylation is 1. The van der Waals surface area contributed by atoms with Crippen molar-refractivity contribution >= 4 is 5.95 Å². The van der Waals surface area contributed by atoms with Crippen molar-refractivity contribution in [2.45, 2.75) is 20.0 Å². The zero-order valence-corrected chi connectivity index (χ0v) is 10.2. The van der Waals surface area contributed by atoms with E-state index in [2.05, 4.69) is 25.0 Å². The van der Waals surface area contributed by atoms with Crippen molar-refractivity contribution in [3.63, 3.8) is 0 Å². The van der Waals surface area contributed by atoms with Gasteiger partial charge in [-0.05, 0) is 13.8 Å². The van der Waals surface area contributed by atoms with Crippen LogP contribution >= 0.6 is 0 Å². The fourth-order valence-corrected chi connectivity index (χ4v) is 1.11. The number of nitrogen functional groups attached to an aromatic ring is 1. The van der Waals surface area contributed by atoms with Crippen LogP contribution in [0.15, 0.2) is 6.33 Å². The van der Waals surface area contributed by atoms with Crippen molar-refractivity contribution in [1.82, 2.24) is 29.7 Å². The smallest absolute Gasteiger partial charge is 0.343 e. The van der Waals surface area contributed by atoms with Gasteiger partial charge in [0.05, 0.1) is 6.10 Å². The Labute approximate surface area is 103 Å². The van der Waals surface area contributed by atoms with Gasteiger partial charge in [-0.15, -0.1) is 10.1 Å². The molecule has 2 aromatic heterocycles. The van der Waals surface area contributed by atoms with E-state index in [0.29, 0.717) is 0 Å². The van der Waals surface area contributed by atoms with Gasteiger partial charge in [-0.1, -0.05) is 0 Å². The minimum Gasteiger partial charge on any atom is -0.461 e. The molecule has 0 spiro atoms. The first-order valence-electron chi connectivity index (χ1n) is 5.24. The standard InChI is InChI=1S/C9H13N7O2/c1-5(2)17-8-12-6(10)13-9(14-8)18-7-11-4-16(3)15-7/h4-5H,1-3H3,(H2,10,12,13,14). The molecule has 0 atom stereocenters. The number of nitrogens with zero attached hydrogens (tertiary/aromatic N) is 6. The molecule has 96 valence electrons. The average Bonchev–Trinajstić information content (AvgIpc) is 2.61. The van der Waals surface area contributed by atoms with E-state index in [0.717, 1.165) is 0 Å². The largest absolute Gasteiger partial charge is 0.461 e. The van der Waals surface area contributed by atoms with Crippen LogP contribution in [0, 0.1) is 0 Å². The lowest BCUT2D eigenvalue weighted by Crippen LogP contribution is -2.11. The summed E-state index contributed by atoms with van der Waals surface area (Å²) in [6, 6.07) is 0.214. The van der Waals surface area contributed by atoms with Crippen LogP contribution in [0.4, 0.5) is 5.95 Å². The number of aromatic nitrogens is 6. The quantitative estimate of drug-likeness (QED) is 0.817. The first kappa shape index (κ1) is 12.0. The number of hydrogen-bond donors (Lipinski definition) is 1. The van der Waals surface area contributed by atoms with E-state index in [9.17, 15) is 0 Å². The Bertz CT molecular complexity index is 539. The van der Waals surface area contributed by atoms with Crippen molar-refractivity contribution in [3.8, 4) is 18.0 Å². The van der Waals surface area contributed by atoms with Crippen LogP contribution in [0.1, 0.15) is 13.8 Å². The zero-order chi connectivity index (χ0) is 13.1. The summed E-state index contributed by atoms with van der Waals surface area (Å²) in [6.45, 7) is 3.70. The summed E-state index contributed by atoms with van der Waals surface area (Å²) in [7, 11) is 1.72. The topological polar surface area (TPSA) is 114 Å². The number of anilines is 1. The Morgan fingerprint density at radius 1 is 1.17 bits per heavy atom. The molecule has 0 unspecified atom stereocenters. The zero-order valence-electron chi connectivity index (χ0n) is 10.2. The third-order valence-corrected chi connectivity index (χ3v) is 1.71. The molecule has 0 saturated heterocycles. The van der Waals surface area contributed by atoms with Gasteiger partial charge in [0.25, 0.3) is 0 Å². The molecule has 0 aliphatic heterocycles. The summed E-state index contributed by atoms with van der Waals surface area (Å²) in [5, 5.41) is 3.93. The lowest BCUT2D eigenvalue weighted by Gasteiger charge is -2.08. The number of ether oxygens (including phenoxy) is 2. The molecule has 0 aliphatic rings. The third-order valence-electron chi connectivity index (χ3n) is 1.71. The van der Waals surface area contributed by atoms with E-state index in [4.69, 9.17) is 15.2 Å². The van der Waals surface area contributed by atoms with Crippen molar-refractivity contribution < 1.29 is 9.47 Å². The first-order chi connectivity index (χ1) is 8.52. The molecule has 2 rings (SSSR count). The van der Waals surface area contributed by atoms with Crippen LogP contribution in [-0.4, -0.2) is 35.8 Å². The molecule has 2 heterocycles. The molecular weight excluding hydrogens is 238 g/mol. The van der Waals surface area contributed by atoms with Crippen molar-refractivity contribution in [2.24, 2.45) is 7.05 Å². The van der Waals surface area contributed by atoms with Crippen molar-refractivity contribution in [2.75, 3.05) is 5.73 Å². The Balaban J connectivity index is 2.19. The first-order valence-corrected chi connectivity index (χ1v) is 5.24. The molecule has 2 aromatic rings. The Morgan fingerprint density at radius 2 is 1.89 bits per heavy atom. The summed E-state index contributed by atoms with van der Waals surface area (Å²) < 4.78 is 12.0. The van der Waals surface area contributed by atoms with Gasteiger partial charge >= 0.3 is 18.0 Å². The molecule has 0 bridgehead atoms. The van der Waals surface area contributed by atoms with Gasteiger partial charge in [-0.2, -0.15) is 15.0 Å². The monoisotopic (exact) mass is 251 g/mol. The van der Waals surface area contributed by atoms with Gasteiger partial charge in [0, 0.05) is 7.05 Å². The lowest BCUT2D eigenvalue weighted by molar-refractivity contribution is 0.218. The predicted octanol–water partition coefficient (Wildman–Crippen LogP) is 0.162. The highest BCUT2D eigenvalue weighted by atomic mass is 16.5. The number of nitrogens with two attached hydrogens (primary N) is 1. The van der Waals surface area contributed by atoms with E-state index >= 15 is 0 Å². The minimum absolute atomic E-state index is 0.00609. The van der Waals surface area contributed by atoms with E-state index < -0.39 is 0 Å². The van der Waals surface area contributed by atoms with Crippen molar-refractivity contribution in [1.29, 1.82) is 0 Å². The minimum atomic E-state index is -0.0763. The van der Waals surface area contributed by atoms with Crippen molar-refractivity contribution in [3.05, 3.63) is 6.33 Å². The van der Waals surface area contributed by atoms with Crippen LogP contribution < -0.4 is 15.2 Å². The molecule has 2 N–H and O–H groups in total. The third kappa shape index (κ3) is 3.03. The highest BCUT2D eigenvalue weighted by Gasteiger charge is 2.10. The van der Waals surface area contributed by atoms with E-state index in [-0.39, 0.29) is 30.1 Å². The van der Waals surface area contributed by atoms with E-state index in [1.54, 1.807) is 7.05 Å². The summed E-state index contributed by atoms with van der Waals surface area (Å²) in [5.74, 6) is 0.00609. The van der Waals surface area contributed by atoms with Gasteiger partial charge in [-0.3, -0.25) is 4.68 Å². The van der Waals surface area contributed by atoms with E-state index in [1.807, 2.05) is 13.8 Å². The molecule has 9 nitrogen and oxygen atoms in total.